The Labute approximate surface area is 206 Å². The first-order chi connectivity index (χ1) is 14.8. The van der Waals surface area contributed by atoms with E-state index in [1.54, 1.807) is 25.5 Å². The number of ether oxygens (including phenoxy) is 3. The second-order valence-electron chi connectivity index (χ2n) is 6.94. The van der Waals surface area contributed by atoms with E-state index in [9.17, 15) is 0 Å². The van der Waals surface area contributed by atoms with E-state index in [4.69, 9.17) is 14.2 Å². The van der Waals surface area contributed by atoms with Crippen LogP contribution in [0, 0.1) is 0 Å². The SMILES string of the molecule is CN=C(NCCCOc1ccc(OC)cc1)NCC(c1cccs1)N1CCOCC1.I. The number of rotatable bonds is 10. The number of halogens is 1. The lowest BCUT2D eigenvalue weighted by Crippen LogP contribution is -2.46. The molecule has 7 nitrogen and oxygen atoms in total. The number of guanidine groups is 1. The number of hydrogen-bond acceptors (Lipinski definition) is 6. The maximum atomic E-state index is 5.77. The molecule has 0 amide bonds. The van der Waals surface area contributed by atoms with Crippen LogP contribution in [0.1, 0.15) is 17.3 Å². The summed E-state index contributed by atoms with van der Waals surface area (Å²) in [5.41, 5.74) is 0. The van der Waals surface area contributed by atoms with Crippen molar-refractivity contribution in [3.05, 3.63) is 46.7 Å². The summed E-state index contributed by atoms with van der Waals surface area (Å²) in [5.74, 6) is 2.49. The molecule has 172 valence electrons. The van der Waals surface area contributed by atoms with E-state index < -0.39 is 0 Å². The molecule has 1 aliphatic rings. The van der Waals surface area contributed by atoms with Crippen LogP contribution < -0.4 is 20.1 Å². The number of benzene rings is 1. The average Bonchev–Trinajstić information content (AvgIpc) is 3.33. The lowest BCUT2D eigenvalue weighted by molar-refractivity contribution is 0.0177. The Kier molecular flexibility index (Phi) is 12.0. The summed E-state index contributed by atoms with van der Waals surface area (Å²) in [4.78, 5) is 8.21. The van der Waals surface area contributed by atoms with Gasteiger partial charge in [-0.05, 0) is 42.1 Å². The van der Waals surface area contributed by atoms with Crippen LogP contribution in [0.3, 0.4) is 0 Å². The van der Waals surface area contributed by atoms with E-state index in [1.165, 1.54) is 4.88 Å². The molecule has 0 saturated carbocycles. The molecule has 1 fully saturated rings. The molecule has 1 aliphatic heterocycles. The van der Waals surface area contributed by atoms with Crippen molar-refractivity contribution < 1.29 is 14.2 Å². The molecule has 3 rings (SSSR count). The summed E-state index contributed by atoms with van der Waals surface area (Å²) < 4.78 is 16.5. The Morgan fingerprint density at radius 3 is 2.55 bits per heavy atom. The molecule has 1 aromatic heterocycles. The first kappa shape index (κ1) is 25.7. The number of aliphatic imine (C=N–C) groups is 1. The van der Waals surface area contributed by atoms with Crippen molar-refractivity contribution in [1.29, 1.82) is 0 Å². The zero-order valence-corrected chi connectivity index (χ0v) is 21.4. The fourth-order valence-corrected chi connectivity index (χ4v) is 4.20. The van der Waals surface area contributed by atoms with E-state index in [0.29, 0.717) is 12.6 Å². The fraction of sp³-hybridized carbons (Fsp3) is 0.500. The van der Waals surface area contributed by atoms with Gasteiger partial charge in [-0.3, -0.25) is 9.89 Å². The minimum Gasteiger partial charge on any atom is -0.497 e. The maximum Gasteiger partial charge on any atom is 0.191 e. The molecule has 1 unspecified atom stereocenters. The third-order valence-corrected chi connectivity index (χ3v) is 5.96. The summed E-state index contributed by atoms with van der Waals surface area (Å²) in [7, 11) is 3.46. The fourth-order valence-electron chi connectivity index (χ4n) is 3.33. The molecule has 31 heavy (non-hydrogen) atoms. The van der Waals surface area contributed by atoms with Crippen LogP contribution in [-0.2, 0) is 4.74 Å². The van der Waals surface area contributed by atoms with Gasteiger partial charge in [-0.2, -0.15) is 0 Å². The highest BCUT2D eigenvalue weighted by Crippen LogP contribution is 2.25. The second-order valence-corrected chi connectivity index (χ2v) is 7.92. The van der Waals surface area contributed by atoms with Crippen LogP contribution in [-0.4, -0.2) is 71.0 Å². The third kappa shape index (κ3) is 8.47. The minimum absolute atomic E-state index is 0. The molecule has 1 saturated heterocycles. The maximum absolute atomic E-state index is 5.77. The summed E-state index contributed by atoms with van der Waals surface area (Å²) >= 11 is 1.80. The predicted molar refractivity (Wildman–Crippen MR) is 137 cm³/mol. The van der Waals surface area contributed by atoms with Crippen molar-refractivity contribution in [2.24, 2.45) is 4.99 Å². The summed E-state index contributed by atoms with van der Waals surface area (Å²) in [5, 5.41) is 9.00. The van der Waals surface area contributed by atoms with Crippen molar-refractivity contribution in [1.82, 2.24) is 15.5 Å². The molecule has 2 N–H and O–H groups in total. The molecule has 2 aromatic rings. The molecular formula is C22H33IN4O3S. The Balaban J connectivity index is 0.00000341. The van der Waals surface area contributed by atoms with Gasteiger partial charge in [0.25, 0.3) is 0 Å². The molecular weight excluding hydrogens is 527 g/mol. The molecule has 0 radical (unpaired) electrons. The molecule has 0 bridgehead atoms. The second kappa shape index (κ2) is 14.5. The quantitative estimate of drug-likeness (QED) is 0.201. The van der Waals surface area contributed by atoms with E-state index in [1.807, 2.05) is 24.3 Å². The molecule has 0 spiro atoms. The van der Waals surface area contributed by atoms with Crippen LogP contribution in [0.4, 0.5) is 0 Å². The van der Waals surface area contributed by atoms with Gasteiger partial charge in [0.05, 0.1) is 33.0 Å². The number of nitrogens with zero attached hydrogens (tertiary/aromatic N) is 2. The Hall–Kier alpha value is -1.56. The van der Waals surface area contributed by atoms with Gasteiger partial charge in [-0.15, -0.1) is 35.3 Å². The average molecular weight is 561 g/mol. The van der Waals surface area contributed by atoms with Gasteiger partial charge >= 0.3 is 0 Å². The van der Waals surface area contributed by atoms with Gasteiger partial charge in [0.2, 0.25) is 0 Å². The highest BCUT2D eigenvalue weighted by atomic mass is 127. The van der Waals surface area contributed by atoms with Gasteiger partial charge in [0.15, 0.2) is 5.96 Å². The Morgan fingerprint density at radius 2 is 1.90 bits per heavy atom. The lowest BCUT2D eigenvalue weighted by Gasteiger charge is -2.34. The van der Waals surface area contributed by atoms with Crippen LogP contribution in [0.25, 0.3) is 0 Å². The highest BCUT2D eigenvalue weighted by molar-refractivity contribution is 14.0. The summed E-state index contributed by atoms with van der Waals surface area (Å²) in [6, 6.07) is 12.3. The van der Waals surface area contributed by atoms with Crippen molar-refractivity contribution >= 4 is 41.3 Å². The number of morpholine rings is 1. The molecule has 2 heterocycles. The van der Waals surface area contributed by atoms with Gasteiger partial charge in [-0.1, -0.05) is 6.07 Å². The topological polar surface area (TPSA) is 67.4 Å². The van der Waals surface area contributed by atoms with Crippen molar-refractivity contribution in [2.75, 3.05) is 60.2 Å². The Morgan fingerprint density at radius 1 is 1.16 bits per heavy atom. The monoisotopic (exact) mass is 560 g/mol. The first-order valence-corrected chi connectivity index (χ1v) is 11.2. The number of methoxy groups -OCH3 is 1. The van der Waals surface area contributed by atoms with E-state index in [0.717, 1.165) is 63.3 Å². The first-order valence-electron chi connectivity index (χ1n) is 10.4. The van der Waals surface area contributed by atoms with Gasteiger partial charge < -0.3 is 24.8 Å². The highest BCUT2D eigenvalue weighted by Gasteiger charge is 2.23. The standard InChI is InChI=1S/C22H32N4O3S.HI/c1-23-22(24-10-4-13-29-19-8-6-18(27-2)7-9-19)25-17-20(21-5-3-16-30-21)26-11-14-28-15-12-26;/h3,5-9,16,20H,4,10-15,17H2,1-2H3,(H2,23,24,25);1H. The number of thiophene rings is 1. The van der Waals surface area contributed by atoms with Crippen molar-refractivity contribution in [3.63, 3.8) is 0 Å². The number of hydrogen-bond donors (Lipinski definition) is 2. The van der Waals surface area contributed by atoms with Crippen molar-refractivity contribution in [3.8, 4) is 11.5 Å². The normalized spacial score (nSPS) is 15.6. The molecule has 1 atom stereocenters. The third-order valence-electron chi connectivity index (χ3n) is 4.99. The predicted octanol–water partition coefficient (Wildman–Crippen LogP) is 3.38. The zero-order chi connectivity index (χ0) is 21.0. The van der Waals surface area contributed by atoms with E-state index in [-0.39, 0.29) is 24.0 Å². The minimum atomic E-state index is 0. The zero-order valence-electron chi connectivity index (χ0n) is 18.2. The Bertz CT molecular complexity index is 753. The molecule has 9 heteroatoms. The summed E-state index contributed by atoms with van der Waals surface area (Å²) in [6.07, 6.45) is 0.880. The van der Waals surface area contributed by atoms with Crippen LogP contribution in [0.5, 0.6) is 11.5 Å². The van der Waals surface area contributed by atoms with Gasteiger partial charge in [-0.25, -0.2) is 0 Å². The smallest absolute Gasteiger partial charge is 0.191 e. The van der Waals surface area contributed by atoms with Gasteiger partial charge in [0.1, 0.15) is 11.5 Å². The molecule has 0 aliphatic carbocycles. The summed E-state index contributed by atoms with van der Waals surface area (Å²) in [6.45, 7) is 5.74. The van der Waals surface area contributed by atoms with E-state index >= 15 is 0 Å². The van der Waals surface area contributed by atoms with Crippen LogP contribution >= 0.6 is 35.3 Å². The lowest BCUT2D eigenvalue weighted by atomic mass is 10.2. The van der Waals surface area contributed by atoms with E-state index in [2.05, 4.69) is 38.0 Å². The van der Waals surface area contributed by atoms with Gasteiger partial charge in [0, 0.05) is 38.1 Å². The molecule has 1 aromatic carbocycles. The number of nitrogens with one attached hydrogen (secondary N) is 2. The van der Waals surface area contributed by atoms with Crippen LogP contribution in [0.15, 0.2) is 46.8 Å². The van der Waals surface area contributed by atoms with Crippen LogP contribution in [0.2, 0.25) is 0 Å². The largest absolute Gasteiger partial charge is 0.497 e. The van der Waals surface area contributed by atoms with Crippen molar-refractivity contribution in [2.45, 2.75) is 12.5 Å².